The topological polar surface area (TPSA) is 50.2 Å². The summed E-state index contributed by atoms with van der Waals surface area (Å²) < 4.78 is 2.11. The van der Waals surface area contributed by atoms with Gasteiger partial charge in [0.25, 0.3) is 0 Å². The molecule has 0 bridgehead atoms. The van der Waals surface area contributed by atoms with Gasteiger partial charge in [0, 0.05) is 38.3 Å². The van der Waals surface area contributed by atoms with Crippen LogP contribution in [0.2, 0.25) is 0 Å². The van der Waals surface area contributed by atoms with E-state index in [2.05, 4.69) is 69.5 Å². The number of likely N-dealkylation sites (tertiary alicyclic amines) is 1. The minimum absolute atomic E-state index is 0.276. The highest BCUT2D eigenvalue weighted by molar-refractivity contribution is 5.78. The fourth-order valence-electron chi connectivity index (χ4n) is 4.14. The van der Waals surface area contributed by atoms with Crippen molar-refractivity contribution in [3.8, 4) is 5.69 Å². The Hall–Kier alpha value is -3.44. The minimum Gasteiger partial charge on any atom is -0.338 e. The van der Waals surface area contributed by atoms with E-state index in [1.165, 1.54) is 16.7 Å². The van der Waals surface area contributed by atoms with Crippen molar-refractivity contribution in [1.29, 1.82) is 0 Å². The van der Waals surface area contributed by atoms with Crippen LogP contribution in [0.4, 0.5) is 0 Å². The summed E-state index contributed by atoms with van der Waals surface area (Å²) in [4.78, 5) is 18.2. The predicted octanol–water partition coefficient (Wildman–Crippen LogP) is 4.44. The van der Waals surface area contributed by atoms with E-state index < -0.39 is 0 Å². The summed E-state index contributed by atoms with van der Waals surface area (Å²) in [5.74, 6) is 0.276. The molecule has 5 nitrogen and oxygen atoms in total. The molecule has 3 aromatic carbocycles. The van der Waals surface area contributed by atoms with Crippen molar-refractivity contribution in [3.63, 3.8) is 0 Å². The van der Waals surface area contributed by atoms with Crippen LogP contribution in [0.5, 0.6) is 0 Å². The van der Waals surface area contributed by atoms with Crippen LogP contribution in [0.15, 0.2) is 79.1 Å². The molecule has 31 heavy (non-hydrogen) atoms. The average Bonchev–Trinajstić information content (AvgIpc) is 3.42. The molecule has 1 saturated heterocycles. The summed E-state index contributed by atoms with van der Waals surface area (Å²) in [5.41, 5.74) is 6.93. The molecule has 1 aliphatic heterocycles. The number of nitrogens with zero attached hydrogens (tertiary/aromatic N) is 3. The lowest BCUT2D eigenvalue weighted by Crippen LogP contribution is -2.23. The van der Waals surface area contributed by atoms with Gasteiger partial charge in [-0.25, -0.2) is 4.98 Å². The van der Waals surface area contributed by atoms with E-state index in [1.807, 2.05) is 29.4 Å². The third kappa shape index (κ3) is 4.37. The third-order valence-electron chi connectivity index (χ3n) is 5.89. The van der Waals surface area contributed by atoms with Gasteiger partial charge in [0.15, 0.2) is 0 Å². The minimum atomic E-state index is 0.276. The highest BCUT2D eigenvalue weighted by Gasteiger charge is 2.19. The number of nitrogens with one attached hydrogen (secondary N) is 1. The van der Waals surface area contributed by atoms with Gasteiger partial charge in [-0.05, 0) is 47.4 Å². The van der Waals surface area contributed by atoms with Crippen LogP contribution < -0.4 is 5.32 Å². The Balaban J connectivity index is 1.15. The molecule has 0 spiro atoms. The highest BCUT2D eigenvalue weighted by atomic mass is 16.2. The number of para-hydroxylation sites is 2. The van der Waals surface area contributed by atoms with E-state index in [0.717, 1.165) is 49.3 Å². The molecule has 1 N–H and O–H groups in total. The van der Waals surface area contributed by atoms with Crippen LogP contribution in [0, 0.1) is 0 Å². The zero-order valence-corrected chi connectivity index (χ0v) is 17.5. The van der Waals surface area contributed by atoms with E-state index in [9.17, 15) is 4.79 Å². The van der Waals surface area contributed by atoms with E-state index in [1.54, 1.807) is 0 Å². The summed E-state index contributed by atoms with van der Waals surface area (Å²) >= 11 is 0. The molecule has 0 unspecified atom stereocenters. The molecular weight excluding hydrogens is 384 g/mol. The van der Waals surface area contributed by atoms with Gasteiger partial charge in [0.1, 0.15) is 6.33 Å². The maximum Gasteiger partial charge on any atom is 0.222 e. The van der Waals surface area contributed by atoms with Gasteiger partial charge in [-0.2, -0.15) is 0 Å². The standard InChI is InChI=1S/C26H26N4O/c31-26-6-3-15-29(26)18-22-9-7-20(8-10-22)16-27-17-21-11-13-23(14-12-21)30-19-28-24-4-1-2-5-25(24)30/h1-2,4-5,7-14,19,27H,3,6,15-18H2. The van der Waals surface area contributed by atoms with Crippen molar-refractivity contribution in [2.45, 2.75) is 32.5 Å². The Bertz CT molecular complexity index is 1180. The predicted molar refractivity (Wildman–Crippen MR) is 123 cm³/mol. The number of imidazole rings is 1. The maximum absolute atomic E-state index is 11.8. The summed E-state index contributed by atoms with van der Waals surface area (Å²) in [6, 6.07) is 25.3. The molecule has 0 radical (unpaired) electrons. The van der Waals surface area contributed by atoms with E-state index >= 15 is 0 Å². The second-order valence-electron chi connectivity index (χ2n) is 8.11. The fraction of sp³-hybridized carbons (Fsp3) is 0.231. The van der Waals surface area contributed by atoms with Crippen molar-refractivity contribution < 1.29 is 4.79 Å². The molecule has 4 aromatic rings. The molecule has 5 heteroatoms. The second-order valence-corrected chi connectivity index (χ2v) is 8.11. The number of hydrogen-bond donors (Lipinski definition) is 1. The molecule has 0 saturated carbocycles. The quantitative estimate of drug-likeness (QED) is 0.490. The van der Waals surface area contributed by atoms with Crippen molar-refractivity contribution >= 4 is 16.9 Å². The first-order chi connectivity index (χ1) is 15.3. The van der Waals surface area contributed by atoms with Gasteiger partial charge in [0.2, 0.25) is 5.91 Å². The lowest BCUT2D eigenvalue weighted by Gasteiger charge is -2.15. The average molecular weight is 411 g/mol. The number of benzene rings is 3. The van der Waals surface area contributed by atoms with E-state index in [0.29, 0.717) is 6.42 Å². The van der Waals surface area contributed by atoms with E-state index in [4.69, 9.17) is 0 Å². The molecule has 1 fully saturated rings. The number of carbonyl (C=O) groups excluding carboxylic acids is 1. The van der Waals surface area contributed by atoms with Crippen LogP contribution in [0.1, 0.15) is 29.5 Å². The van der Waals surface area contributed by atoms with Crippen LogP contribution in [-0.4, -0.2) is 26.9 Å². The number of hydrogen-bond acceptors (Lipinski definition) is 3. The SMILES string of the molecule is O=C1CCCN1Cc1ccc(CNCc2ccc(-n3cnc4ccccc43)cc2)cc1. The summed E-state index contributed by atoms with van der Waals surface area (Å²) in [6.07, 6.45) is 3.56. The summed E-state index contributed by atoms with van der Waals surface area (Å²) in [6.45, 7) is 3.24. The zero-order valence-electron chi connectivity index (χ0n) is 17.5. The Morgan fingerprint density at radius 3 is 2.23 bits per heavy atom. The third-order valence-corrected chi connectivity index (χ3v) is 5.89. The van der Waals surface area contributed by atoms with Crippen molar-refractivity contribution in [2.75, 3.05) is 6.54 Å². The van der Waals surface area contributed by atoms with Crippen LogP contribution in [0.3, 0.4) is 0 Å². The molecule has 2 heterocycles. The first-order valence-electron chi connectivity index (χ1n) is 10.8. The van der Waals surface area contributed by atoms with Gasteiger partial charge < -0.3 is 10.2 Å². The molecule has 1 amide bonds. The number of fused-ring (bicyclic) bond motifs is 1. The number of carbonyl (C=O) groups is 1. The van der Waals surface area contributed by atoms with E-state index in [-0.39, 0.29) is 5.91 Å². The first kappa shape index (κ1) is 19.5. The number of amides is 1. The fourth-order valence-corrected chi connectivity index (χ4v) is 4.14. The summed E-state index contributed by atoms with van der Waals surface area (Å²) in [7, 11) is 0. The maximum atomic E-state index is 11.8. The van der Waals surface area contributed by atoms with Crippen LogP contribution in [-0.2, 0) is 24.4 Å². The van der Waals surface area contributed by atoms with Gasteiger partial charge >= 0.3 is 0 Å². The molecule has 0 atom stereocenters. The molecule has 0 aliphatic carbocycles. The Morgan fingerprint density at radius 2 is 1.52 bits per heavy atom. The molecule has 156 valence electrons. The Labute approximate surface area is 182 Å². The lowest BCUT2D eigenvalue weighted by molar-refractivity contribution is -0.128. The van der Waals surface area contributed by atoms with Crippen LogP contribution in [0.25, 0.3) is 16.7 Å². The van der Waals surface area contributed by atoms with Gasteiger partial charge in [-0.15, -0.1) is 0 Å². The number of aromatic nitrogens is 2. The van der Waals surface area contributed by atoms with Crippen molar-refractivity contribution in [1.82, 2.24) is 19.8 Å². The second kappa shape index (κ2) is 8.74. The highest BCUT2D eigenvalue weighted by Crippen LogP contribution is 2.18. The zero-order chi connectivity index (χ0) is 21.0. The molecule has 1 aromatic heterocycles. The van der Waals surface area contributed by atoms with Crippen molar-refractivity contribution in [2.24, 2.45) is 0 Å². The van der Waals surface area contributed by atoms with Crippen LogP contribution >= 0.6 is 0 Å². The largest absolute Gasteiger partial charge is 0.338 e. The Morgan fingerprint density at radius 1 is 0.839 bits per heavy atom. The molecule has 5 rings (SSSR count). The van der Waals surface area contributed by atoms with Gasteiger partial charge in [0.05, 0.1) is 11.0 Å². The van der Waals surface area contributed by atoms with Gasteiger partial charge in [-0.1, -0.05) is 48.5 Å². The first-order valence-corrected chi connectivity index (χ1v) is 10.8. The summed E-state index contributed by atoms with van der Waals surface area (Å²) in [5, 5.41) is 3.52. The number of rotatable bonds is 7. The van der Waals surface area contributed by atoms with Crippen molar-refractivity contribution in [3.05, 3.63) is 95.8 Å². The lowest BCUT2D eigenvalue weighted by atomic mass is 10.1. The normalized spacial score (nSPS) is 13.9. The molecular formula is C26H26N4O. The monoisotopic (exact) mass is 410 g/mol. The molecule has 1 aliphatic rings. The van der Waals surface area contributed by atoms with Gasteiger partial charge in [-0.3, -0.25) is 9.36 Å². The Kier molecular flexibility index (Phi) is 5.50. The smallest absolute Gasteiger partial charge is 0.222 e.